The summed E-state index contributed by atoms with van der Waals surface area (Å²) in [5.41, 5.74) is 7.05. The van der Waals surface area contributed by atoms with Crippen molar-refractivity contribution in [2.75, 3.05) is 51.6 Å². The van der Waals surface area contributed by atoms with Gasteiger partial charge >= 0.3 is 0 Å². The molecule has 3 heterocycles. The van der Waals surface area contributed by atoms with Crippen LogP contribution in [0.15, 0.2) is 59.8 Å². The number of amides is 1. The molecule has 9 heteroatoms. The van der Waals surface area contributed by atoms with Crippen molar-refractivity contribution in [2.24, 2.45) is 0 Å². The Morgan fingerprint density at radius 2 is 1.57 bits per heavy atom. The number of nitrogens with one attached hydrogen (secondary N) is 1. The molecule has 2 aromatic carbocycles. The van der Waals surface area contributed by atoms with E-state index >= 15 is 0 Å². The minimum Gasteiger partial charge on any atom is -0.354 e. The second-order valence-corrected chi connectivity index (χ2v) is 11.5. The Kier molecular flexibility index (Phi) is 9.46. The molecule has 210 valence electrons. The number of carbonyl (C=O) groups excluding carboxylic acids is 1. The van der Waals surface area contributed by atoms with Crippen molar-refractivity contribution in [3.8, 4) is 0 Å². The highest BCUT2D eigenvalue weighted by molar-refractivity contribution is 7.99. The van der Waals surface area contributed by atoms with Gasteiger partial charge in [-0.05, 0) is 43.9 Å². The Balaban J connectivity index is 1.04. The monoisotopic (exact) mass is 557 g/mol. The van der Waals surface area contributed by atoms with Crippen LogP contribution in [0.2, 0.25) is 0 Å². The van der Waals surface area contributed by atoms with Crippen molar-refractivity contribution < 1.29 is 4.79 Å². The van der Waals surface area contributed by atoms with Crippen LogP contribution in [0.25, 0.3) is 5.78 Å². The quantitative estimate of drug-likeness (QED) is 0.282. The van der Waals surface area contributed by atoms with E-state index < -0.39 is 0 Å². The molecule has 0 bridgehead atoms. The molecule has 1 fully saturated rings. The summed E-state index contributed by atoms with van der Waals surface area (Å²) in [5, 5.41) is 8.28. The fraction of sp³-hybridized carbons (Fsp3) is 0.419. The molecule has 2 aromatic heterocycles. The van der Waals surface area contributed by atoms with E-state index in [2.05, 4.69) is 93.6 Å². The standard InChI is InChI=1S/C31H39N7OS/c1-23-9-11-27(12-10-23)21-28-24(2)33-30-34-31(35-38(30)25(28)3)40-22-29(39)32-14-16-37-19-17-36(18-20-37)15-13-26-7-5-4-6-8-26/h4-12H,13-22H2,1-3H3,(H,32,39). The molecule has 1 saturated heterocycles. The van der Waals surface area contributed by atoms with E-state index in [0.29, 0.717) is 23.2 Å². The highest BCUT2D eigenvalue weighted by Gasteiger charge is 2.17. The third-order valence-electron chi connectivity index (χ3n) is 7.64. The Hall–Kier alpha value is -3.27. The molecule has 0 aliphatic carbocycles. The molecule has 0 unspecified atom stereocenters. The van der Waals surface area contributed by atoms with Crippen LogP contribution in [-0.2, 0) is 17.6 Å². The molecule has 0 spiro atoms. The third-order valence-corrected chi connectivity index (χ3v) is 8.48. The van der Waals surface area contributed by atoms with Crippen molar-refractivity contribution in [3.63, 3.8) is 0 Å². The number of carbonyl (C=O) groups is 1. The summed E-state index contributed by atoms with van der Waals surface area (Å²) in [4.78, 5) is 26.7. The molecule has 4 aromatic rings. The van der Waals surface area contributed by atoms with Gasteiger partial charge in [0, 0.05) is 63.6 Å². The number of hydrogen-bond donors (Lipinski definition) is 1. The number of piperazine rings is 1. The van der Waals surface area contributed by atoms with Gasteiger partial charge in [0.15, 0.2) is 0 Å². The van der Waals surface area contributed by atoms with Crippen molar-refractivity contribution in [1.82, 2.24) is 34.7 Å². The number of nitrogens with zero attached hydrogens (tertiary/aromatic N) is 6. The summed E-state index contributed by atoms with van der Waals surface area (Å²) in [6, 6.07) is 19.3. The van der Waals surface area contributed by atoms with Crippen molar-refractivity contribution >= 4 is 23.4 Å². The topological polar surface area (TPSA) is 78.7 Å². The van der Waals surface area contributed by atoms with Gasteiger partial charge < -0.3 is 10.2 Å². The predicted molar refractivity (Wildman–Crippen MR) is 161 cm³/mol. The number of fused-ring (bicyclic) bond motifs is 1. The van der Waals surface area contributed by atoms with E-state index in [0.717, 1.165) is 69.1 Å². The van der Waals surface area contributed by atoms with Gasteiger partial charge in [-0.3, -0.25) is 9.69 Å². The maximum Gasteiger partial charge on any atom is 0.253 e. The smallest absolute Gasteiger partial charge is 0.253 e. The summed E-state index contributed by atoms with van der Waals surface area (Å²) in [5.74, 6) is 0.873. The molecular weight excluding hydrogens is 518 g/mol. The van der Waals surface area contributed by atoms with E-state index in [1.54, 1.807) is 4.52 Å². The van der Waals surface area contributed by atoms with E-state index in [-0.39, 0.29) is 5.91 Å². The summed E-state index contributed by atoms with van der Waals surface area (Å²) in [7, 11) is 0. The van der Waals surface area contributed by atoms with Crippen LogP contribution in [0.5, 0.6) is 0 Å². The molecule has 0 saturated carbocycles. The summed E-state index contributed by atoms with van der Waals surface area (Å²) in [6.07, 6.45) is 1.90. The van der Waals surface area contributed by atoms with Crippen molar-refractivity contribution in [1.29, 1.82) is 0 Å². The fourth-order valence-electron chi connectivity index (χ4n) is 5.12. The Morgan fingerprint density at radius 1 is 0.875 bits per heavy atom. The van der Waals surface area contributed by atoms with Crippen molar-refractivity contribution in [3.05, 3.63) is 88.2 Å². The molecule has 8 nitrogen and oxygen atoms in total. The summed E-state index contributed by atoms with van der Waals surface area (Å²) < 4.78 is 1.80. The maximum atomic E-state index is 12.5. The number of aromatic nitrogens is 4. The largest absolute Gasteiger partial charge is 0.354 e. The second kappa shape index (κ2) is 13.4. The first-order chi connectivity index (χ1) is 19.4. The zero-order chi connectivity index (χ0) is 27.9. The van der Waals surface area contributed by atoms with Crippen LogP contribution in [0.4, 0.5) is 0 Å². The lowest BCUT2D eigenvalue weighted by Gasteiger charge is -2.34. The van der Waals surface area contributed by atoms with Crippen molar-refractivity contribution in [2.45, 2.75) is 38.8 Å². The number of aryl methyl sites for hydroxylation is 3. The van der Waals surface area contributed by atoms with Gasteiger partial charge in [-0.25, -0.2) is 9.50 Å². The summed E-state index contributed by atoms with van der Waals surface area (Å²) >= 11 is 1.35. The van der Waals surface area contributed by atoms with Crippen LogP contribution in [0.1, 0.15) is 33.6 Å². The lowest BCUT2D eigenvalue weighted by molar-refractivity contribution is -0.118. The average Bonchev–Trinajstić information content (AvgIpc) is 3.38. The van der Waals surface area contributed by atoms with Crippen LogP contribution < -0.4 is 5.32 Å². The minimum atomic E-state index is 0.00581. The molecule has 1 aliphatic heterocycles. The highest BCUT2D eigenvalue weighted by Crippen LogP contribution is 2.21. The zero-order valence-corrected chi connectivity index (χ0v) is 24.6. The van der Waals surface area contributed by atoms with Crippen LogP contribution in [0.3, 0.4) is 0 Å². The molecule has 5 rings (SSSR count). The van der Waals surface area contributed by atoms with E-state index in [1.165, 1.54) is 28.5 Å². The number of benzene rings is 2. The number of hydrogen-bond acceptors (Lipinski definition) is 7. The first-order valence-electron chi connectivity index (χ1n) is 14.1. The zero-order valence-electron chi connectivity index (χ0n) is 23.8. The first-order valence-corrected chi connectivity index (χ1v) is 15.1. The van der Waals surface area contributed by atoms with Crippen LogP contribution in [0, 0.1) is 20.8 Å². The summed E-state index contributed by atoms with van der Waals surface area (Å²) in [6.45, 7) is 13.1. The van der Waals surface area contributed by atoms with Gasteiger partial charge in [-0.2, -0.15) is 4.98 Å². The maximum absolute atomic E-state index is 12.5. The van der Waals surface area contributed by atoms with E-state index in [4.69, 9.17) is 4.98 Å². The molecular formula is C31H39N7OS. The predicted octanol–water partition coefficient (Wildman–Crippen LogP) is 3.71. The molecule has 40 heavy (non-hydrogen) atoms. The number of thioether (sulfide) groups is 1. The SMILES string of the molecule is Cc1ccc(Cc2c(C)nc3nc(SCC(=O)NCCN4CCN(CCc5ccccc5)CC4)nn3c2C)cc1. The van der Waals surface area contributed by atoms with E-state index in [9.17, 15) is 4.79 Å². The van der Waals surface area contributed by atoms with E-state index in [1.807, 2.05) is 6.92 Å². The van der Waals surface area contributed by atoms with Crippen LogP contribution >= 0.6 is 11.8 Å². The molecule has 1 aliphatic rings. The van der Waals surface area contributed by atoms with Gasteiger partial charge in [0.05, 0.1) is 5.75 Å². The molecule has 1 amide bonds. The van der Waals surface area contributed by atoms with Crippen LogP contribution in [-0.4, -0.2) is 86.9 Å². The number of rotatable bonds is 11. The lowest BCUT2D eigenvalue weighted by Crippen LogP contribution is -2.48. The third kappa shape index (κ3) is 7.47. The lowest BCUT2D eigenvalue weighted by atomic mass is 10.0. The molecule has 0 atom stereocenters. The van der Waals surface area contributed by atoms with Gasteiger partial charge in [0.2, 0.25) is 11.1 Å². The fourth-order valence-corrected chi connectivity index (χ4v) is 5.77. The Bertz CT molecular complexity index is 1410. The van der Waals surface area contributed by atoms with Gasteiger partial charge in [-0.15, -0.1) is 5.10 Å². The highest BCUT2D eigenvalue weighted by atomic mass is 32.2. The minimum absolute atomic E-state index is 0.00581. The van der Waals surface area contributed by atoms with Gasteiger partial charge in [-0.1, -0.05) is 71.9 Å². The normalized spacial score (nSPS) is 14.6. The molecule has 1 N–H and O–H groups in total. The Morgan fingerprint density at radius 3 is 2.30 bits per heavy atom. The van der Waals surface area contributed by atoms with Gasteiger partial charge in [0.1, 0.15) is 0 Å². The van der Waals surface area contributed by atoms with Gasteiger partial charge in [0.25, 0.3) is 5.78 Å². The first kappa shape index (κ1) is 28.3. The second-order valence-electron chi connectivity index (χ2n) is 10.6. The average molecular weight is 558 g/mol. The molecule has 0 radical (unpaired) electrons. The Labute approximate surface area is 241 Å².